The molecule has 20 heavy (non-hydrogen) atoms. The van der Waals surface area contributed by atoms with Gasteiger partial charge in [0.25, 0.3) is 0 Å². The predicted molar refractivity (Wildman–Crippen MR) is 76.4 cm³/mol. The van der Waals surface area contributed by atoms with Crippen molar-refractivity contribution in [3.8, 4) is 0 Å². The second-order valence-corrected chi connectivity index (χ2v) is 5.11. The number of hydrogen-bond donors (Lipinski definition) is 1. The van der Waals surface area contributed by atoms with Crippen LogP contribution in [0.1, 0.15) is 20.3 Å². The summed E-state index contributed by atoms with van der Waals surface area (Å²) in [5.74, 6) is -1.09. The number of aromatic nitrogens is 2. The molecule has 0 amide bonds. The summed E-state index contributed by atoms with van der Waals surface area (Å²) in [6.07, 6.45) is 1.04. The van der Waals surface area contributed by atoms with Crippen molar-refractivity contribution >= 4 is 17.0 Å². The van der Waals surface area contributed by atoms with E-state index >= 15 is 0 Å². The van der Waals surface area contributed by atoms with E-state index in [4.69, 9.17) is 5.73 Å². The first-order valence-corrected chi connectivity index (χ1v) is 6.75. The molecule has 2 N–H and O–H groups in total. The number of imidazole rings is 1. The van der Waals surface area contributed by atoms with Crippen molar-refractivity contribution in [1.82, 2.24) is 14.5 Å². The second kappa shape index (κ2) is 5.75. The van der Waals surface area contributed by atoms with Crippen LogP contribution in [0.2, 0.25) is 0 Å². The van der Waals surface area contributed by atoms with E-state index in [1.165, 1.54) is 6.07 Å². The summed E-state index contributed by atoms with van der Waals surface area (Å²) in [4.78, 5) is 6.16. The molecule has 0 aliphatic heterocycles. The van der Waals surface area contributed by atoms with Crippen LogP contribution in [0.15, 0.2) is 12.1 Å². The number of likely N-dealkylation sites (N-methyl/N-ethyl adjacent to an activating group) is 1. The number of hydrogen-bond acceptors (Lipinski definition) is 3. The Morgan fingerprint density at radius 1 is 1.40 bits per heavy atom. The third-order valence-electron chi connectivity index (χ3n) is 3.82. The molecule has 1 heterocycles. The summed E-state index contributed by atoms with van der Waals surface area (Å²) >= 11 is 0. The summed E-state index contributed by atoms with van der Waals surface area (Å²) in [6.45, 7) is 5.54. The van der Waals surface area contributed by atoms with Crippen LogP contribution in [0.4, 0.5) is 14.7 Å². The van der Waals surface area contributed by atoms with Crippen molar-refractivity contribution in [2.75, 3.05) is 19.3 Å². The van der Waals surface area contributed by atoms with Crippen LogP contribution in [0, 0.1) is 11.6 Å². The van der Waals surface area contributed by atoms with Gasteiger partial charge in [-0.05, 0) is 20.4 Å². The molecule has 1 atom stereocenters. The van der Waals surface area contributed by atoms with E-state index in [0.717, 1.165) is 19.0 Å². The smallest absolute Gasteiger partial charge is 0.201 e. The van der Waals surface area contributed by atoms with Gasteiger partial charge in [-0.1, -0.05) is 6.92 Å². The van der Waals surface area contributed by atoms with Crippen molar-refractivity contribution in [3.05, 3.63) is 23.8 Å². The van der Waals surface area contributed by atoms with Gasteiger partial charge in [0.15, 0.2) is 5.82 Å². The lowest BCUT2D eigenvalue weighted by atomic mass is 10.2. The molecule has 0 fully saturated rings. The molecule has 1 aromatic heterocycles. The van der Waals surface area contributed by atoms with Crippen molar-refractivity contribution in [1.29, 1.82) is 0 Å². The molecule has 0 saturated carbocycles. The molecular weight excluding hydrogens is 262 g/mol. The van der Waals surface area contributed by atoms with E-state index < -0.39 is 11.6 Å². The minimum absolute atomic E-state index is 0.120. The summed E-state index contributed by atoms with van der Waals surface area (Å²) in [6, 6.07) is 2.54. The fraction of sp³-hybridized carbons (Fsp3) is 0.500. The first-order chi connectivity index (χ1) is 9.43. The van der Waals surface area contributed by atoms with Gasteiger partial charge < -0.3 is 15.2 Å². The number of nitrogens with two attached hydrogens (primary N) is 1. The van der Waals surface area contributed by atoms with Gasteiger partial charge in [-0.2, -0.15) is 0 Å². The lowest BCUT2D eigenvalue weighted by molar-refractivity contribution is 0.244. The van der Waals surface area contributed by atoms with Crippen LogP contribution in [-0.4, -0.2) is 34.1 Å². The second-order valence-electron chi connectivity index (χ2n) is 5.11. The number of fused-ring (bicyclic) bond motifs is 1. The largest absolute Gasteiger partial charge is 0.369 e. The van der Waals surface area contributed by atoms with Gasteiger partial charge in [0, 0.05) is 31.3 Å². The fourth-order valence-corrected chi connectivity index (χ4v) is 2.19. The van der Waals surface area contributed by atoms with Crippen molar-refractivity contribution in [2.24, 2.45) is 0 Å². The maximum absolute atomic E-state index is 13.6. The van der Waals surface area contributed by atoms with Gasteiger partial charge in [0.05, 0.1) is 5.52 Å². The molecule has 2 aromatic rings. The minimum Gasteiger partial charge on any atom is -0.369 e. The Bertz CT molecular complexity index is 609. The third kappa shape index (κ3) is 2.75. The molecule has 0 bridgehead atoms. The normalized spacial score (nSPS) is 13.3. The molecule has 0 radical (unpaired) electrons. The summed E-state index contributed by atoms with van der Waals surface area (Å²) in [7, 11) is 2.02. The number of nitrogen functional groups attached to an aromatic ring is 1. The molecule has 0 spiro atoms. The molecule has 4 nitrogen and oxygen atoms in total. The van der Waals surface area contributed by atoms with E-state index in [1.807, 2.05) is 7.05 Å². The Hall–Kier alpha value is -1.69. The molecule has 1 unspecified atom stereocenters. The zero-order valence-corrected chi connectivity index (χ0v) is 12.0. The maximum atomic E-state index is 13.6. The monoisotopic (exact) mass is 282 g/mol. The molecular formula is C14H20F2N4. The van der Waals surface area contributed by atoms with Crippen molar-refractivity contribution < 1.29 is 8.78 Å². The van der Waals surface area contributed by atoms with Crippen LogP contribution in [0.3, 0.4) is 0 Å². The highest BCUT2D eigenvalue weighted by molar-refractivity contribution is 5.79. The fourth-order valence-electron chi connectivity index (χ4n) is 2.19. The Labute approximate surface area is 117 Å². The van der Waals surface area contributed by atoms with Gasteiger partial charge >= 0.3 is 0 Å². The average Bonchev–Trinajstić information content (AvgIpc) is 2.71. The molecule has 0 saturated heterocycles. The Balaban J connectivity index is 2.28. The molecule has 1 aromatic carbocycles. The summed E-state index contributed by atoms with van der Waals surface area (Å²) in [5.41, 5.74) is 6.33. The Morgan fingerprint density at radius 3 is 2.75 bits per heavy atom. The lowest BCUT2D eigenvalue weighted by Gasteiger charge is -2.23. The number of rotatable bonds is 5. The Morgan fingerprint density at radius 2 is 2.10 bits per heavy atom. The van der Waals surface area contributed by atoms with Gasteiger partial charge in [-0.25, -0.2) is 13.8 Å². The number of anilines is 1. The van der Waals surface area contributed by atoms with Gasteiger partial charge in [-0.3, -0.25) is 0 Å². The number of benzene rings is 1. The maximum Gasteiger partial charge on any atom is 0.201 e. The average molecular weight is 282 g/mol. The SMILES string of the molecule is CCC(C)N(C)CCn1c(N)nc2c(F)cc(F)cc21. The summed E-state index contributed by atoms with van der Waals surface area (Å²) < 4.78 is 28.6. The highest BCUT2D eigenvalue weighted by Crippen LogP contribution is 2.22. The van der Waals surface area contributed by atoms with E-state index in [-0.39, 0.29) is 11.5 Å². The van der Waals surface area contributed by atoms with Gasteiger partial charge in [0.2, 0.25) is 5.95 Å². The van der Waals surface area contributed by atoms with Gasteiger partial charge in [0.1, 0.15) is 11.3 Å². The van der Waals surface area contributed by atoms with Crippen LogP contribution in [0.25, 0.3) is 11.0 Å². The topological polar surface area (TPSA) is 47.1 Å². The van der Waals surface area contributed by atoms with Gasteiger partial charge in [-0.15, -0.1) is 0 Å². The van der Waals surface area contributed by atoms with Crippen LogP contribution < -0.4 is 5.73 Å². The first kappa shape index (κ1) is 14.7. The zero-order valence-electron chi connectivity index (χ0n) is 12.0. The van der Waals surface area contributed by atoms with Crippen LogP contribution >= 0.6 is 0 Å². The number of halogens is 2. The minimum atomic E-state index is -0.680. The standard InChI is InChI=1S/C14H20F2N4/c1-4-9(2)19(3)5-6-20-12-8-10(15)7-11(16)13(12)18-14(20)17/h7-9H,4-6H2,1-3H3,(H2,17,18). The van der Waals surface area contributed by atoms with E-state index in [0.29, 0.717) is 18.1 Å². The van der Waals surface area contributed by atoms with Crippen molar-refractivity contribution in [2.45, 2.75) is 32.9 Å². The molecule has 6 heteroatoms. The van der Waals surface area contributed by atoms with Crippen LogP contribution in [-0.2, 0) is 6.54 Å². The number of nitrogens with zero attached hydrogens (tertiary/aromatic N) is 3. The predicted octanol–water partition coefficient (Wildman–Crippen LogP) is 2.63. The highest BCUT2D eigenvalue weighted by Gasteiger charge is 2.15. The van der Waals surface area contributed by atoms with E-state index in [9.17, 15) is 8.78 Å². The van der Waals surface area contributed by atoms with Crippen molar-refractivity contribution in [3.63, 3.8) is 0 Å². The highest BCUT2D eigenvalue weighted by atomic mass is 19.1. The Kier molecular flexibility index (Phi) is 4.23. The van der Waals surface area contributed by atoms with E-state index in [1.54, 1.807) is 4.57 Å². The third-order valence-corrected chi connectivity index (χ3v) is 3.82. The molecule has 2 rings (SSSR count). The molecule has 0 aliphatic carbocycles. The zero-order chi connectivity index (χ0) is 14.9. The molecule has 0 aliphatic rings. The lowest BCUT2D eigenvalue weighted by Crippen LogP contribution is -2.31. The molecule has 110 valence electrons. The van der Waals surface area contributed by atoms with Crippen LogP contribution in [0.5, 0.6) is 0 Å². The quantitative estimate of drug-likeness (QED) is 0.917. The summed E-state index contributed by atoms with van der Waals surface area (Å²) in [5, 5.41) is 0. The van der Waals surface area contributed by atoms with E-state index in [2.05, 4.69) is 23.7 Å². The first-order valence-electron chi connectivity index (χ1n) is 6.75.